The summed E-state index contributed by atoms with van der Waals surface area (Å²) in [5.41, 5.74) is 0.840. The van der Waals surface area contributed by atoms with Crippen molar-refractivity contribution in [2.45, 2.75) is 50.1 Å². The van der Waals surface area contributed by atoms with Crippen LogP contribution in [0.1, 0.15) is 43.5 Å². The normalized spacial score (nSPS) is 23.7. The van der Waals surface area contributed by atoms with E-state index in [9.17, 15) is 4.79 Å². The van der Waals surface area contributed by atoms with Gasteiger partial charge < -0.3 is 0 Å². The number of hydrogen-bond donors (Lipinski definition) is 0. The first kappa shape index (κ1) is 14.6. The molecule has 1 aliphatic rings. The quantitative estimate of drug-likeness (QED) is 0.602. The van der Waals surface area contributed by atoms with Crippen LogP contribution >= 0.6 is 11.8 Å². The number of thioether (sulfide) groups is 1. The van der Waals surface area contributed by atoms with Gasteiger partial charge in [0.15, 0.2) is 5.78 Å². The Balaban J connectivity index is 2.03. The van der Waals surface area contributed by atoms with Gasteiger partial charge in [0.25, 0.3) is 0 Å². The molecule has 0 aliphatic carbocycles. The monoisotopic (exact) mass is 277 g/mol. The van der Waals surface area contributed by atoms with Gasteiger partial charge in [-0.3, -0.25) is 9.69 Å². The summed E-state index contributed by atoms with van der Waals surface area (Å²) in [6.07, 6.45) is 5.64. The van der Waals surface area contributed by atoms with E-state index in [1.165, 1.54) is 17.7 Å². The van der Waals surface area contributed by atoms with Crippen LogP contribution in [0.25, 0.3) is 0 Å². The van der Waals surface area contributed by atoms with Crippen molar-refractivity contribution >= 4 is 17.5 Å². The highest BCUT2D eigenvalue weighted by Crippen LogP contribution is 2.26. The summed E-state index contributed by atoms with van der Waals surface area (Å²) in [6.45, 7) is 5.02. The van der Waals surface area contributed by atoms with Crippen LogP contribution in [0.5, 0.6) is 0 Å². The molecule has 3 heteroatoms. The van der Waals surface area contributed by atoms with Gasteiger partial charge in [-0.25, -0.2) is 0 Å². The van der Waals surface area contributed by atoms with Gasteiger partial charge >= 0.3 is 0 Å². The van der Waals surface area contributed by atoms with Crippen molar-refractivity contribution < 1.29 is 4.79 Å². The summed E-state index contributed by atoms with van der Waals surface area (Å²) < 4.78 is 0. The third-order valence-corrected chi connectivity index (χ3v) is 4.91. The summed E-state index contributed by atoms with van der Waals surface area (Å²) in [6, 6.07) is 9.10. The van der Waals surface area contributed by atoms with Crippen LogP contribution in [0.2, 0.25) is 0 Å². The van der Waals surface area contributed by atoms with Crippen LogP contribution < -0.4 is 0 Å². The van der Waals surface area contributed by atoms with Crippen LogP contribution in [0, 0.1) is 0 Å². The van der Waals surface area contributed by atoms with E-state index in [1.807, 2.05) is 24.3 Å². The molecule has 2 nitrogen and oxygen atoms in total. The first-order valence-electron chi connectivity index (χ1n) is 7.08. The van der Waals surface area contributed by atoms with Gasteiger partial charge in [-0.05, 0) is 44.6 Å². The minimum Gasteiger partial charge on any atom is -0.293 e. The summed E-state index contributed by atoms with van der Waals surface area (Å²) in [5.74, 6) is 0.250. The van der Waals surface area contributed by atoms with Crippen molar-refractivity contribution in [1.29, 1.82) is 0 Å². The predicted molar refractivity (Wildman–Crippen MR) is 82.0 cm³/mol. The fraction of sp³-hybridized carbons (Fsp3) is 0.562. The number of carbonyl (C=O) groups excluding carboxylic acids is 1. The van der Waals surface area contributed by atoms with E-state index in [4.69, 9.17) is 0 Å². The number of Topliss-reactive ketones (excluding diaryl/α,β-unsaturated/α-hetero) is 1. The zero-order valence-corrected chi connectivity index (χ0v) is 12.9. The highest BCUT2D eigenvalue weighted by Gasteiger charge is 2.30. The SMILES string of the molecule is CCC1CCC(C)N1CC(=O)c1ccc(SC)cc1. The van der Waals surface area contributed by atoms with Gasteiger partial charge in [0, 0.05) is 22.5 Å². The molecule has 19 heavy (non-hydrogen) atoms. The average Bonchev–Trinajstić information content (AvgIpc) is 2.79. The topological polar surface area (TPSA) is 20.3 Å². The molecule has 0 N–H and O–H groups in total. The van der Waals surface area contributed by atoms with Crippen molar-refractivity contribution in [3.05, 3.63) is 29.8 Å². The zero-order chi connectivity index (χ0) is 13.8. The van der Waals surface area contributed by atoms with E-state index in [-0.39, 0.29) is 5.78 Å². The molecule has 2 rings (SSSR count). The second-order valence-electron chi connectivity index (χ2n) is 5.31. The van der Waals surface area contributed by atoms with Gasteiger partial charge in [0.05, 0.1) is 6.54 Å². The third-order valence-electron chi connectivity index (χ3n) is 4.16. The van der Waals surface area contributed by atoms with Crippen molar-refractivity contribution in [2.75, 3.05) is 12.8 Å². The number of rotatable bonds is 5. The van der Waals surface area contributed by atoms with E-state index in [0.717, 1.165) is 12.0 Å². The lowest BCUT2D eigenvalue weighted by Crippen LogP contribution is -2.38. The minimum atomic E-state index is 0.250. The molecule has 1 aliphatic heterocycles. The molecular formula is C16H23NOS. The molecule has 0 radical (unpaired) electrons. The van der Waals surface area contributed by atoms with Gasteiger partial charge in [-0.2, -0.15) is 0 Å². The van der Waals surface area contributed by atoms with E-state index in [2.05, 4.69) is 25.0 Å². The number of likely N-dealkylation sites (tertiary alicyclic amines) is 1. The maximum atomic E-state index is 12.4. The molecule has 1 aromatic rings. The zero-order valence-electron chi connectivity index (χ0n) is 12.1. The summed E-state index contributed by atoms with van der Waals surface area (Å²) >= 11 is 1.70. The molecule has 1 aromatic carbocycles. The van der Waals surface area contributed by atoms with E-state index < -0.39 is 0 Å². The Morgan fingerprint density at radius 3 is 2.58 bits per heavy atom. The van der Waals surface area contributed by atoms with Crippen molar-refractivity contribution in [3.63, 3.8) is 0 Å². The van der Waals surface area contributed by atoms with Crippen molar-refractivity contribution in [3.8, 4) is 0 Å². The number of hydrogen-bond acceptors (Lipinski definition) is 3. The third kappa shape index (κ3) is 3.40. The van der Waals surface area contributed by atoms with E-state index in [1.54, 1.807) is 11.8 Å². The standard InChI is InChI=1S/C16H23NOS/c1-4-14-8-5-12(2)17(14)11-16(18)13-6-9-15(19-3)10-7-13/h6-7,9-10,12,14H,4-5,8,11H2,1-3H3. The summed E-state index contributed by atoms with van der Waals surface area (Å²) in [7, 11) is 0. The number of nitrogens with zero attached hydrogens (tertiary/aromatic N) is 1. The van der Waals surface area contributed by atoms with Crippen LogP contribution in [0.15, 0.2) is 29.2 Å². The van der Waals surface area contributed by atoms with Gasteiger partial charge in [0.1, 0.15) is 0 Å². The Hall–Kier alpha value is -0.800. The van der Waals surface area contributed by atoms with Crippen LogP contribution in [-0.4, -0.2) is 35.6 Å². The Bertz CT molecular complexity index is 429. The van der Waals surface area contributed by atoms with Gasteiger partial charge in [-0.1, -0.05) is 19.1 Å². The molecule has 0 saturated carbocycles. The molecule has 0 spiro atoms. The molecule has 2 unspecified atom stereocenters. The maximum absolute atomic E-state index is 12.4. The Labute approximate surface area is 120 Å². The molecule has 2 atom stereocenters. The Morgan fingerprint density at radius 1 is 1.32 bits per heavy atom. The second kappa shape index (κ2) is 6.58. The minimum absolute atomic E-state index is 0.250. The van der Waals surface area contributed by atoms with E-state index >= 15 is 0 Å². The molecule has 1 heterocycles. The second-order valence-corrected chi connectivity index (χ2v) is 6.19. The largest absolute Gasteiger partial charge is 0.293 e. The molecule has 0 amide bonds. The smallest absolute Gasteiger partial charge is 0.176 e. The lowest BCUT2D eigenvalue weighted by Gasteiger charge is -2.26. The van der Waals surface area contributed by atoms with E-state index in [0.29, 0.717) is 18.6 Å². The number of benzene rings is 1. The van der Waals surface area contributed by atoms with Crippen LogP contribution in [0.4, 0.5) is 0 Å². The summed E-state index contributed by atoms with van der Waals surface area (Å²) in [4.78, 5) is 15.9. The van der Waals surface area contributed by atoms with Crippen LogP contribution in [-0.2, 0) is 0 Å². The Kier molecular flexibility index (Phi) is 5.06. The number of ketones is 1. The van der Waals surface area contributed by atoms with Crippen molar-refractivity contribution in [2.24, 2.45) is 0 Å². The molecule has 0 aromatic heterocycles. The molecule has 104 valence electrons. The molecule has 0 bridgehead atoms. The first-order valence-corrected chi connectivity index (χ1v) is 8.31. The Morgan fingerprint density at radius 2 is 2.00 bits per heavy atom. The number of carbonyl (C=O) groups is 1. The lowest BCUT2D eigenvalue weighted by atomic mass is 10.1. The van der Waals surface area contributed by atoms with Gasteiger partial charge in [-0.15, -0.1) is 11.8 Å². The first-order chi connectivity index (χ1) is 9.15. The fourth-order valence-corrected chi connectivity index (χ4v) is 3.29. The fourth-order valence-electron chi connectivity index (χ4n) is 2.88. The molecule has 1 saturated heterocycles. The lowest BCUT2D eigenvalue weighted by molar-refractivity contribution is 0.0889. The maximum Gasteiger partial charge on any atom is 0.176 e. The van der Waals surface area contributed by atoms with Crippen molar-refractivity contribution in [1.82, 2.24) is 4.90 Å². The highest BCUT2D eigenvalue weighted by molar-refractivity contribution is 7.98. The molecular weight excluding hydrogens is 254 g/mol. The summed E-state index contributed by atoms with van der Waals surface area (Å²) in [5, 5.41) is 0. The van der Waals surface area contributed by atoms with Gasteiger partial charge in [0.2, 0.25) is 0 Å². The predicted octanol–water partition coefficient (Wildman–Crippen LogP) is 3.85. The average molecular weight is 277 g/mol. The van der Waals surface area contributed by atoms with Crippen LogP contribution in [0.3, 0.4) is 0 Å². The molecule has 1 fully saturated rings. The highest BCUT2D eigenvalue weighted by atomic mass is 32.2.